The van der Waals surface area contributed by atoms with Gasteiger partial charge in [-0.2, -0.15) is 4.31 Å². The van der Waals surface area contributed by atoms with Crippen LogP contribution in [0.4, 0.5) is 0 Å². The normalized spacial score (nSPS) is 15.4. The topological polar surface area (TPSA) is 80.1 Å². The van der Waals surface area contributed by atoms with E-state index >= 15 is 0 Å². The van der Waals surface area contributed by atoms with Gasteiger partial charge in [0.1, 0.15) is 18.6 Å². The van der Waals surface area contributed by atoms with Crippen LogP contribution in [0, 0.1) is 13.8 Å². The largest absolute Gasteiger partial charge is 0.482 e. The first-order valence-electron chi connectivity index (χ1n) is 11.0. The van der Waals surface area contributed by atoms with E-state index in [1.165, 1.54) is 28.8 Å². The van der Waals surface area contributed by atoms with Gasteiger partial charge in [0.05, 0.1) is 11.4 Å². The van der Waals surface area contributed by atoms with Gasteiger partial charge >= 0.3 is 0 Å². The number of nitrogens with zero attached hydrogens (tertiary/aromatic N) is 2. The third-order valence-electron chi connectivity index (χ3n) is 5.69. The summed E-state index contributed by atoms with van der Waals surface area (Å²) in [6.45, 7) is 6.51. The van der Waals surface area contributed by atoms with Crippen molar-refractivity contribution < 1.29 is 17.6 Å². The third kappa shape index (κ3) is 5.88. The van der Waals surface area contributed by atoms with Crippen molar-refractivity contribution in [2.75, 3.05) is 26.2 Å². The van der Waals surface area contributed by atoms with Crippen LogP contribution >= 0.6 is 11.6 Å². The summed E-state index contributed by atoms with van der Waals surface area (Å²) in [5, 5.41) is 0.493. The molecule has 1 aliphatic rings. The van der Waals surface area contributed by atoms with Crippen molar-refractivity contribution in [3.05, 3.63) is 92.5 Å². The zero-order chi connectivity index (χ0) is 24.3. The molecule has 0 amide bonds. The molecule has 3 aromatic rings. The van der Waals surface area contributed by atoms with Crippen LogP contribution in [0.1, 0.15) is 22.5 Å². The van der Waals surface area contributed by atoms with Crippen molar-refractivity contribution >= 4 is 21.6 Å². The molecule has 4 rings (SSSR count). The number of hydrogen-bond donors (Lipinski definition) is 0. The maximum Gasteiger partial charge on any atom is 0.243 e. The summed E-state index contributed by atoms with van der Waals surface area (Å²) >= 11 is 5.87. The van der Waals surface area contributed by atoms with E-state index in [9.17, 15) is 13.2 Å². The lowest BCUT2D eigenvalue weighted by Gasteiger charge is -2.33. The molecule has 0 atom stereocenters. The van der Waals surface area contributed by atoms with E-state index in [2.05, 4.69) is 11.0 Å². The number of ether oxygens (including phenoxy) is 1. The third-order valence-corrected chi connectivity index (χ3v) is 7.86. The van der Waals surface area contributed by atoms with E-state index in [4.69, 9.17) is 20.8 Å². The van der Waals surface area contributed by atoms with Gasteiger partial charge in [0, 0.05) is 37.3 Å². The van der Waals surface area contributed by atoms with Crippen molar-refractivity contribution in [2.45, 2.75) is 31.9 Å². The summed E-state index contributed by atoms with van der Waals surface area (Å²) in [6.07, 6.45) is 1.35. The zero-order valence-corrected chi connectivity index (χ0v) is 20.7. The van der Waals surface area contributed by atoms with Gasteiger partial charge in [-0.3, -0.25) is 9.69 Å². The Kier molecular flexibility index (Phi) is 7.42. The Morgan fingerprint density at radius 1 is 0.971 bits per heavy atom. The highest BCUT2D eigenvalue weighted by Gasteiger charge is 2.28. The molecule has 0 aliphatic carbocycles. The van der Waals surface area contributed by atoms with Gasteiger partial charge in [-0.25, -0.2) is 8.42 Å². The fourth-order valence-corrected chi connectivity index (χ4v) is 5.59. The molecule has 1 saturated heterocycles. The number of aryl methyl sites for hydroxylation is 2. The quantitative estimate of drug-likeness (QED) is 0.486. The van der Waals surface area contributed by atoms with Crippen LogP contribution in [0.2, 0.25) is 5.02 Å². The van der Waals surface area contributed by atoms with Crippen molar-refractivity contribution in [3.63, 3.8) is 0 Å². The van der Waals surface area contributed by atoms with Crippen LogP contribution in [-0.2, 0) is 23.2 Å². The van der Waals surface area contributed by atoms with Crippen LogP contribution in [0.5, 0.6) is 5.75 Å². The minimum absolute atomic E-state index is 0.168. The van der Waals surface area contributed by atoms with Gasteiger partial charge < -0.3 is 9.15 Å². The molecule has 0 spiro atoms. The van der Waals surface area contributed by atoms with E-state index in [1.807, 2.05) is 26.0 Å². The van der Waals surface area contributed by atoms with E-state index in [1.54, 1.807) is 12.1 Å². The Bertz CT molecular complexity index is 1290. The second-order valence-corrected chi connectivity index (χ2v) is 10.9. The minimum Gasteiger partial charge on any atom is -0.482 e. The second-order valence-electron chi connectivity index (χ2n) is 8.49. The van der Waals surface area contributed by atoms with E-state index < -0.39 is 10.0 Å². The predicted molar refractivity (Wildman–Crippen MR) is 131 cm³/mol. The summed E-state index contributed by atoms with van der Waals surface area (Å²) in [6, 6.07) is 13.7. The fraction of sp³-hybridized carbons (Fsp3) is 0.320. The Labute approximate surface area is 204 Å². The minimum atomic E-state index is -3.56. The van der Waals surface area contributed by atoms with Crippen LogP contribution < -0.4 is 10.2 Å². The Morgan fingerprint density at radius 3 is 2.24 bits per heavy atom. The molecule has 34 heavy (non-hydrogen) atoms. The molecular formula is C25H27ClN2O5S. The van der Waals surface area contributed by atoms with Crippen LogP contribution in [0.15, 0.2) is 68.9 Å². The summed E-state index contributed by atoms with van der Waals surface area (Å²) in [4.78, 5) is 14.8. The monoisotopic (exact) mass is 502 g/mol. The number of hydrogen-bond acceptors (Lipinski definition) is 6. The van der Waals surface area contributed by atoms with Gasteiger partial charge in [0.2, 0.25) is 21.2 Å². The van der Waals surface area contributed by atoms with E-state index in [0.29, 0.717) is 43.5 Å². The number of halogens is 1. The molecule has 0 bridgehead atoms. The van der Waals surface area contributed by atoms with Gasteiger partial charge in [-0.05, 0) is 43.7 Å². The Hall–Kier alpha value is -2.65. The van der Waals surface area contributed by atoms with Crippen molar-refractivity contribution in [1.82, 2.24) is 9.21 Å². The molecule has 1 aliphatic heterocycles. The van der Waals surface area contributed by atoms with Crippen molar-refractivity contribution in [3.8, 4) is 5.75 Å². The average molecular weight is 503 g/mol. The Morgan fingerprint density at radius 2 is 1.62 bits per heavy atom. The highest BCUT2D eigenvalue weighted by molar-refractivity contribution is 7.89. The molecule has 7 nitrogen and oxygen atoms in total. The summed E-state index contributed by atoms with van der Waals surface area (Å²) in [7, 11) is -3.56. The van der Waals surface area contributed by atoms with Crippen LogP contribution in [-0.4, -0.2) is 43.8 Å². The molecule has 0 radical (unpaired) electrons. The lowest BCUT2D eigenvalue weighted by Crippen LogP contribution is -2.48. The van der Waals surface area contributed by atoms with Crippen molar-refractivity contribution in [2.24, 2.45) is 0 Å². The summed E-state index contributed by atoms with van der Waals surface area (Å²) in [5.41, 5.74) is 3.03. The van der Waals surface area contributed by atoms with E-state index in [-0.39, 0.29) is 22.7 Å². The number of piperazine rings is 1. The number of benzene rings is 2. The molecule has 2 aromatic carbocycles. The van der Waals surface area contributed by atoms with Gasteiger partial charge in [-0.15, -0.1) is 0 Å². The highest BCUT2D eigenvalue weighted by atomic mass is 35.5. The first-order valence-corrected chi connectivity index (χ1v) is 12.8. The molecule has 0 unspecified atom stereocenters. The Balaban J connectivity index is 1.33. The second kappa shape index (κ2) is 10.3. The van der Waals surface area contributed by atoms with E-state index in [0.717, 1.165) is 16.7 Å². The average Bonchev–Trinajstić information content (AvgIpc) is 2.79. The lowest BCUT2D eigenvalue weighted by atomic mass is 10.1. The first-order chi connectivity index (χ1) is 16.2. The number of rotatable bonds is 7. The molecule has 2 heterocycles. The summed E-state index contributed by atoms with van der Waals surface area (Å²) in [5.74, 6) is 0.680. The maximum atomic E-state index is 12.8. The standard InChI is InChI=1S/C25H27ClN2O5S/c1-18-11-19(2)13-20(12-18)16-33-25-17-32-22(14-24(25)29)15-27-7-9-28(10-8-27)34(30,31)23-5-3-21(26)4-6-23/h3-6,11-14,17H,7-10,15-16H2,1-2H3. The fourth-order valence-electron chi connectivity index (χ4n) is 4.04. The van der Waals surface area contributed by atoms with Crippen molar-refractivity contribution in [1.29, 1.82) is 0 Å². The smallest absolute Gasteiger partial charge is 0.243 e. The highest BCUT2D eigenvalue weighted by Crippen LogP contribution is 2.21. The zero-order valence-electron chi connectivity index (χ0n) is 19.2. The summed E-state index contributed by atoms with van der Waals surface area (Å²) < 4.78 is 38.5. The number of sulfonamides is 1. The SMILES string of the molecule is Cc1cc(C)cc(COc2coc(CN3CCN(S(=O)(=O)c4ccc(Cl)cc4)CC3)cc2=O)c1. The molecule has 9 heteroatoms. The molecule has 180 valence electrons. The van der Waals surface area contributed by atoms with Gasteiger partial charge in [0.25, 0.3) is 0 Å². The molecule has 0 saturated carbocycles. The predicted octanol–water partition coefficient (Wildman–Crippen LogP) is 4.00. The molecular weight excluding hydrogens is 476 g/mol. The van der Waals surface area contributed by atoms with Crippen LogP contribution in [0.3, 0.4) is 0 Å². The molecule has 0 N–H and O–H groups in total. The maximum absolute atomic E-state index is 12.8. The first kappa shape index (κ1) is 24.5. The van der Waals surface area contributed by atoms with Gasteiger partial charge in [0.15, 0.2) is 0 Å². The lowest BCUT2D eigenvalue weighted by molar-refractivity contribution is 0.169. The van der Waals surface area contributed by atoms with Crippen LogP contribution in [0.25, 0.3) is 0 Å². The molecule has 1 aromatic heterocycles. The van der Waals surface area contributed by atoms with Gasteiger partial charge in [-0.1, -0.05) is 40.9 Å². The molecule has 1 fully saturated rings.